The molecule has 0 saturated carbocycles. The summed E-state index contributed by atoms with van der Waals surface area (Å²) in [6, 6.07) is 2.42. The second kappa shape index (κ2) is 18.9. The van der Waals surface area contributed by atoms with Gasteiger partial charge >= 0.3 is 17.6 Å². The smallest absolute Gasteiger partial charge is 0.378 e. The number of nitro groups is 1. The SMILES string of the molecule is CCCCCCCCCCCCCCCC(=O)OO[C@](CO)(Cc1ccc([N+](=O)[O-])c(OC)c1OC)[C@H]1OC(=O)C(O)=C1O. The number of rotatable bonds is 23. The number of unbranched alkanes of at least 4 members (excludes halogenated alkanes) is 12. The van der Waals surface area contributed by atoms with Crippen LogP contribution in [0.3, 0.4) is 0 Å². The molecule has 3 N–H and O–H groups in total. The molecule has 2 atom stereocenters. The van der Waals surface area contributed by atoms with E-state index >= 15 is 0 Å². The largest absolute Gasteiger partial charge is 0.505 e. The Morgan fingerprint density at radius 1 is 0.932 bits per heavy atom. The quantitative estimate of drug-likeness (QED) is 0.0418. The Bertz CT molecular complexity index is 1120. The van der Waals surface area contributed by atoms with Crippen LogP contribution in [0.1, 0.15) is 102 Å². The molecule has 0 aliphatic carbocycles. The first-order valence-corrected chi connectivity index (χ1v) is 15.4. The first-order chi connectivity index (χ1) is 21.1. The summed E-state index contributed by atoms with van der Waals surface area (Å²) in [6.45, 7) is 1.24. The van der Waals surface area contributed by atoms with Gasteiger partial charge in [0.1, 0.15) is 0 Å². The molecule has 0 aromatic heterocycles. The van der Waals surface area contributed by atoms with Gasteiger partial charge in [0, 0.05) is 24.5 Å². The standard InChI is InChI=1S/C31H47NO12/c1-4-5-6-7-8-9-10-11-12-13-14-15-16-17-24(34)43-44-31(21-33,29-25(35)26(36)30(37)42-29)20-22-18-19-23(32(38)39)28(41-3)27(22)40-2/h18-19,29,33,35-36H,4-17,20-21H2,1-3H3/t29-,31-/m0/s1. The van der Waals surface area contributed by atoms with Crippen molar-refractivity contribution in [1.29, 1.82) is 0 Å². The molecule has 0 saturated heterocycles. The predicted octanol–water partition coefficient (Wildman–Crippen LogP) is 6.09. The lowest BCUT2D eigenvalue weighted by Gasteiger charge is -2.34. The molecule has 44 heavy (non-hydrogen) atoms. The molecule has 0 amide bonds. The third kappa shape index (κ3) is 10.3. The Kier molecular flexibility index (Phi) is 15.8. The molecule has 0 spiro atoms. The monoisotopic (exact) mass is 625 g/mol. The van der Waals surface area contributed by atoms with Gasteiger partial charge < -0.3 is 29.5 Å². The average molecular weight is 626 g/mol. The van der Waals surface area contributed by atoms with Crippen LogP contribution in [0.4, 0.5) is 5.69 Å². The summed E-state index contributed by atoms with van der Waals surface area (Å²) in [6.07, 6.45) is 12.6. The van der Waals surface area contributed by atoms with E-state index in [9.17, 15) is 35.0 Å². The molecule has 0 unspecified atom stereocenters. The average Bonchev–Trinajstić information content (AvgIpc) is 3.28. The van der Waals surface area contributed by atoms with Crippen LogP contribution in [0.5, 0.6) is 11.5 Å². The Morgan fingerprint density at radius 3 is 1.93 bits per heavy atom. The number of methoxy groups -OCH3 is 2. The minimum absolute atomic E-state index is 0.0193. The molecule has 1 aliphatic heterocycles. The fourth-order valence-electron chi connectivity index (χ4n) is 5.21. The summed E-state index contributed by atoms with van der Waals surface area (Å²) < 4.78 is 15.6. The fraction of sp³-hybridized carbons (Fsp3) is 0.677. The Hall–Kier alpha value is -3.58. The summed E-state index contributed by atoms with van der Waals surface area (Å²) in [5.74, 6) is -4.39. The highest BCUT2D eigenvalue weighted by atomic mass is 17.2. The van der Waals surface area contributed by atoms with Gasteiger partial charge in [-0.2, -0.15) is 4.89 Å². The molecular formula is C31H47NO12. The number of carbonyl (C=O) groups excluding carboxylic acids is 2. The molecule has 13 heteroatoms. The van der Waals surface area contributed by atoms with Gasteiger partial charge in [-0.3, -0.25) is 15.0 Å². The number of nitrogens with zero attached hydrogens (tertiary/aromatic N) is 1. The summed E-state index contributed by atoms with van der Waals surface area (Å²) >= 11 is 0. The van der Waals surface area contributed by atoms with Gasteiger partial charge in [0.15, 0.2) is 23.2 Å². The number of nitro benzene ring substituents is 1. The van der Waals surface area contributed by atoms with E-state index in [4.69, 9.17) is 24.0 Å². The van der Waals surface area contributed by atoms with Gasteiger partial charge in [0.2, 0.25) is 11.5 Å². The Morgan fingerprint density at radius 2 is 1.48 bits per heavy atom. The molecule has 1 aromatic carbocycles. The van der Waals surface area contributed by atoms with Crippen LogP contribution in [-0.4, -0.2) is 64.7 Å². The van der Waals surface area contributed by atoms with Crippen LogP contribution in [0.2, 0.25) is 0 Å². The molecule has 1 aromatic rings. The number of cyclic esters (lactones) is 1. The Balaban J connectivity index is 1.98. The number of hydrogen-bond acceptors (Lipinski definition) is 12. The zero-order valence-electron chi connectivity index (χ0n) is 26.0. The van der Waals surface area contributed by atoms with Crippen molar-refractivity contribution < 1.29 is 53.8 Å². The van der Waals surface area contributed by atoms with Crippen molar-refractivity contribution in [2.24, 2.45) is 0 Å². The maximum absolute atomic E-state index is 12.5. The van der Waals surface area contributed by atoms with E-state index in [1.54, 1.807) is 0 Å². The summed E-state index contributed by atoms with van der Waals surface area (Å²) in [5.41, 5.74) is -2.41. The summed E-state index contributed by atoms with van der Waals surface area (Å²) in [4.78, 5) is 45.7. The molecule has 0 bridgehead atoms. The van der Waals surface area contributed by atoms with Crippen molar-refractivity contribution in [3.05, 3.63) is 39.3 Å². The van der Waals surface area contributed by atoms with Crippen molar-refractivity contribution in [1.82, 2.24) is 0 Å². The molecule has 248 valence electrons. The van der Waals surface area contributed by atoms with Crippen molar-refractivity contribution >= 4 is 17.6 Å². The van der Waals surface area contributed by atoms with E-state index in [-0.39, 0.29) is 23.5 Å². The van der Waals surface area contributed by atoms with Gasteiger partial charge in [-0.05, 0) is 12.5 Å². The number of benzene rings is 1. The lowest BCUT2D eigenvalue weighted by atomic mass is 9.88. The minimum Gasteiger partial charge on any atom is -0.505 e. The summed E-state index contributed by atoms with van der Waals surface area (Å²) in [5, 5.41) is 42.2. The zero-order chi connectivity index (χ0) is 32.5. The van der Waals surface area contributed by atoms with E-state index in [1.165, 1.54) is 71.7 Å². The van der Waals surface area contributed by atoms with Gasteiger partial charge in [-0.15, -0.1) is 0 Å². The highest BCUT2D eigenvalue weighted by molar-refractivity contribution is 5.89. The van der Waals surface area contributed by atoms with Crippen molar-refractivity contribution in [2.45, 2.75) is 115 Å². The molecule has 1 heterocycles. The number of hydrogen-bond donors (Lipinski definition) is 3. The molecule has 0 radical (unpaired) electrons. The third-order valence-electron chi connectivity index (χ3n) is 7.71. The maximum Gasteiger partial charge on any atom is 0.378 e. The molecule has 13 nitrogen and oxygen atoms in total. The van der Waals surface area contributed by atoms with Crippen LogP contribution in [0, 0.1) is 10.1 Å². The predicted molar refractivity (Wildman–Crippen MR) is 159 cm³/mol. The Labute approximate surface area is 258 Å². The van der Waals surface area contributed by atoms with E-state index in [2.05, 4.69) is 6.92 Å². The molecule has 2 rings (SSSR count). The van der Waals surface area contributed by atoms with E-state index in [0.717, 1.165) is 31.7 Å². The van der Waals surface area contributed by atoms with Crippen LogP contribution >= 0.6 is 0 Å². The van der Waals surface area contributed by atoms with Gasteiger partial charge in [-0.1, -0.05) is 84.0 Å². The first kappa shape index (κ1) is 36.6. The van der Waals surface area contributed by atoms with Crippen LogP contribution in [-0.2, 0) is 30.5 Å². The highest BCUT2D eigenvalue weighted by Gasteiger charge is 2.53. The van der Waals surface area contributed by atoms with E-state index in [1.807, 2.05) is 0 Å². The number of esters is 1. The van der Waals surface area contributed by atoms with Gasteiger partial charge in [0.05, 0.1) is 25.7 Å². The van der Waals surface area contributed by atoms with E-state index in [0.29, 0.717) is 6.42 Å². The third-order valence-corrected chi connectivity index (χ3v) is 7.71. The second-order valence-electron chi connectivity index (χ2n) is 11.0. The number of carbonyl (C=O) groups is 2. The van der Waals surface area contributed by atoms with Crippen molar-refractivity contribution in [3.8, 4) is 11.5 Å². The lowest BCUT2D eigenvalue weighted by molar-refractivity contribution is -0.385. The van der Waals surface area contributed by atoms with Crippen LogP contribution in [0.25, 0.3) is 0 Å². The summed E-state index contributed by atoms with van der Waals surface area (Å²) in [7, 11) is 2.44. The van der Waals surface area contributed by atoms with Crippen molar-refractivity contribution in [2.75, 3.05) is 20.8 Å². The topological polar surface area (TPSA) is 184 Å². The second-order valence-corrected chi connectivity index (χ2v) is 11.0. The van der Waals surface area contributed by atoms with Gasteiger partial charge in [0.25, 0.3) is 0 Å². The zero-order valence-corrected chi connectivity index (χ0v) is 26.0. The highest BCUT2D eigenvalue weighted by Crippen LogP contribution is 2.43. The molecule has 1 aliphatic rings. The number of aliphatic hydroxyl groups excluding tert-OH is 3. The van der Waals surface area contributed by atoms with Crippen LogP contribution < -0.4 is 9.47 Å². The maximum atomic E-state index is 12.5. The lowest BCUT2D eigenvalue weighted by Crippen LogP contribution is -2.52. The number of ether oxygens (including phenoxy) is 3. The van der Waals surface area contributed by atoms with Gasteiger partial charge in [-0.25, -0.2) is 9.59 Å². The molecule has 0 fully saturated rings. The van der Waals surface area contributed by atoms with Crippen LogP contribution in [0.15, 0.2) is 23.7 Å². The molecular weight excluding hydrogens is 578 g/mol. The van der Waals surface area contributed by atoms with E-state index < -0.39 is 58.8 Å². The first-order valence-electron chi connectivity index (χ1n) is 15.4. The number of aliphatic hydroxyl groups is 3. The fourth-order valence-corrected chi connectivity index (χ4v) is 5.21. The van der Waals surface area contributed by atoms with Crippen molar-refractivity contribution in [3.63, 3.8) is 0 Å². The minimum atomic E-state index is -2.16. The normalized spacial score (nSPS) is 16.0.